The lowest BCUT2D eigenvalue weighted by Crippen LogP contribution is -2.24. The van der Waals surface area contributed by atoms with Crippen molar-refractivity contribution in [1.29, 1.82) is 0 Å². The van der Waals surface area contributed by atoms with Gasteiger partial charge in [-0.2, -0.15) is 5.10 Å². The summed E-state index contributed by atoms with van der Waals surface area (Å²) in [5.74, 6) is 0. The number of hydrogen-bond acceptors (Lipinski definition) is 5. The molecule has 2 rings (SSSR count). The quantitative estimate of drug-likeness (QED) is 0.854. The Morgan fingerprint density at radius 2 is 1.95 bits per heavy atom. The van der Waals surface area contributed by atoms with Crippen LogP contribution in [0.2, 0.25) is 0 Å². The first kappa shape index (κ1) is 13.6. The summed E-state index contributed by atoms with van der Waals surface area (Å²) in [6.07, 6.45) is 3.14. The van der Waals surface area contributed by atoms with Crippen molar-refractivity contribution in [2.24, 2.45) is 0 Å². The highest BCUT2D eigenvalue weighted by Gasteiger charge is 2.21. The summed E-state index contributed by atoms with van der Waals surface area (Å²) in [6, 6.07) is 0. The maximum atomic E-state index is 12.2. The molecule has 2 heterocycles. The minimum Gasteiger partial charge on any atom is -0.281 e. The van der Waals surface area contributed by atoms with E-state index in [0.29, 0.717) is 17.1 Å². The van der Waals surface area contributed by atoms with Gasteiger partial charge in [0, 0.05) is 6.20 Å². The van der Waals surface area contributed by atoms with Gasteiger partial charge in [-0.15, -0.1) is 0 Å². The van der Waals surface area contributed by atoms with Crippen LogP contribution in [0.3, 0.4) is 0 Å². The molecule has 0 saturated carbocycles. The number of nitrogens with zero attached hydrogens (tertiary/aromatic N) is 3. The number of sulfonamides is 1. The van der Waals surface area contributed by atoms with Crippen molar-refractivity contribution in [2.75, 3.05) is 0 Å². The van der Waals surface area contributed by atoms with Crippen molar-refractivity contribution in [3.05, 3.63) is 35.2 Å². The summed E-state index contributed by atoms with van der Waals surface area (Å²) in [4.78, 5) is 8.34. The molecule has 8 heteroatoms. The number of H-pyrrole nitrogens is 1. The van der Waals surface area contributed by atoms with E-state index < -0.39 is 10.0 Å². The van der Waals surface area contributed by atoms with Gasteiger partial charge in [-0.25, -0.2) is 13.1 Å². The van der Waals surface area contributed by atoms with Crippen LogP contribution in [0.5, 0.6) is 0 Å². The monoisotopic (exact) mass is 281 g/mol. The molecule has 2 aromatic rings. The van der Waals surface area contributed by atoms with Gasteiger partial charge in [-0.1, -0.05) is 0 Å². The highest BCUT2D eigenvalue weighted by Crippen LogP contribution is 2.16. The summed E-state index contributed by atoms with van der Waals surface area (Å²) in [6.45, 7) is 5.23. The van der Waals surface area contributed by atoms with Crippen LogP contribution in [-0.2, 0) is 16.6 Å². The van der Waals surface area contributed by atoms with Gasteiger partial charge in [0.25, 0.3) is 0 Å². The van der Waals surface area contributed by atoms with Crippen molar-refractivity contribution in [2.45, 2.75) is 32.2 Å². The minimum absolute atomic E-state index is 0.0969. The number of aromatic nitrogens is 4. The Kier molecular flexibility index (Phi) is 3.63. The number of nitrogens with one attached hydrogen (secondary N) is 2. The van der Waals surface area contributed by atoms with E-state index in [-0.39, 0.29) is 11.4 Å². The van der Waals surface area contributed by atoms with E-state index in [1.54, 1.807) is 26.2 Å². The Bertz CT molecular complexity index is 656. The van der Waals surface area contributed by atoms with E-state index in [4.69, 9.17) is 0 Å². The highest BCUT2D eigenvalue weighted by atomic mass is 32.2. The summed E-state index contributed by atoms with van der Waals surface area (Å²) >= 11 is 0. The number of rotatable bonds is 4. The van der Waals surface area contributed by atoms with Crippen molar-refractivity contribution >= 4 is 10.0 Å². The molecule has 0 atom stereocenters. The molecule has 0 spiro atoms. The van der Waals surface area contributed by atoms with E-state index >= 15 is 0 Å². The number of aromatic amines is 1. The van der Waals surface area contributed by atoms with Crippen molar-refractivity contribution in [3.8, 4) is 0 Å². The third-order valence-corrected chi connectivity index (χ3v) is 4.27. The van der Waals surface area contributed by atoms with Crippen molar-refractivity contribution in [1.82, 2.24) is 24.9 Å². The zero-order valence-corrected chi connectivity index (χ0v) is 11.7. The molecule has 2 N–H and O–H groups in total. The Hall–Kier alpha value is -1.80. The molecule has 0 radical (unpaired) electrons. The zero-order valence-electron chi connectivity index (χ0n) is 10.9. The average Bonchev–Trinajstić information content (AvgIpc) is 2.69. The van der Waals surface area contributed by atoms with E-state index in [1.807, 2.05) is 6.92 Å². The minimum atomic E-state index is -3.60. The van der Waals surface area contributed by atoms with Crippen molar-refractivity contribution in [3.63, 3.8) is 0 Å². The second-order valence-corrected chi connectivity index (χ2v) is 5.94. The number of hydrogen-bond donors (Lipinski definition) is 2. The van der Waals surface area contributed by atoms with Gasteiger partial charge in [0.2, 0.25) is 10.0 Å². The van der Waals surface area contributed by atoms with Crippen LogP contribution >= 0.6 is 0 Å². The van der Waals surface area contributed by atoms with Gasteiger partial charge in [0.1, 0.15) is 4.90 Å². The van der Waals surface area contributed by atoms with E-state index in [9.17, 15) is 8.42 Å². The lowest BCUT2D eigenvalue weighted by molar-refractivity contribution is 0.579. The first-order chi connectivity index (χ1) is 8.90. The number of aryl methyl sites for hydroxylation is 3. The smallest absolute Gasteiger partial charge is 0.244 e. The fourth-order valence-corrected chi connectivity index (χ4v) is 3.05. The molecule has 102 valence electrons. The van der Waals surface area contributed by atoms with Crippen LogP contribution in [0, 0.1) is 20.8 Å². The van der Waals surface area contributed by atoms with Crippen LogP contribution in [0.25, 0.3) is 0 Å². The average molecular weight is 281 g/mol. The SMILES string of the molecule is Cc1cnc(CNS(=O)(=O)c2c(C)n[nH]c2C)cn1. The molecule has 0 amide bonds. The summed E-state index contributed by atoms with van der Waals surface area (Å²) < 4.78 is 26.8. The molecule has 19 heavy (non-hydrogen) atoms. The van der Waals surface area contributed by atoms with Crippen LogP contribution in [-0.4, -0.2) is 28.6 Å². The van der Waals surface area contributed by atoms with Gasteiger partial charge >= 0.3 is 0 Å². The van der Waals surface area contributed by atoms with Gasteiger partial charge in [0.15, 0.2) is 0 Å². The lowest BCUT2D eigenvalue weighted by Gasteiger charge is -2.06. The van der Waals surface area contributed by atoms with Gasteiger partial charge in [-0.05, 0) is 20.8 Å². The van der Waals surface area contributed by atoms with E-state index in [2.05, 4.69) is 24.9 Å². The fraction of sp³-hybridized carbons (Fsp3) is 0.364. The molecule has 7 nitrogen and oxygen atoms in total. The second kappa shape index (κ2) is 5.06. The molecule has 0 bridgehead atoms. The van der Waals surface area contributed by atoms with Gasteiger partial charge < -0.3 is 0 Å². The molecule has 2 aromatic heterocycles. The predicted octanol–water partition coefficient (Wildman–Crippen LogP) is 0.603. The van der Waals surface area contributed by atoms with E-state index in [1.165, 1.54) is 0 Å². The maximum absolute atomic E-state index is 12.2. The van der Waals surface area contributed by atoms with Crippen LogP contribution < -0.4 is 4.72 Å². The van der Waals surface area contributed by atoms with Crippen LogP contribution in [0.15, 0.2) is 17.3 Å². The Balaban J connectivity index is 2.17. The van der Waals surface area contributed by atoms with Gasteiger partial charge in [-0.3, -0.25) is 15.1 Å². The van der Waals surface area contributed by atoms with Gasteiger partial charge in [0.05, 0.1) is 35.5 Å². The molecule has 0 saturated heterocycles. The van der Waals surface area contributed by atoms with Crippen molar-refractivity contribution < 1.29 is 8.42 Å². The molecule has 0 unspecified atom stereocenters. The normalized spacial score (nSPS) is 11.7. The maximum Gasteiger partial charge on any atom is 0.244 e. The highest BCUT2D eigenvalue weighted by molar-refractivity contribution is 7.89. The molecular formula is C11H15N5O2S. The topological polar surface area (TPSA) is 101 Å². The Labute approximate surface area is 111 Å². The summed E-state index contributed by atoms with van der Waals surface area (Å²) in [5.41, 5.74) is 2.31. The Morgan fingerprint density at radius 3 is 2.47 bits per heavy atom. The first-order valence-corrected chi connectivity index (χ1v) is 7.17. The molecule has 0 aliphatic heterocycles. The molecule has 0 aromatic carbocycles. The lowest BCUT2D eigenvalue weighted by atomic mass is 10.4. The van der Waals surface area contributed by atoms with Crippen LogP contribution in [0.4, 0.5) is 0 Å². The molecule has 0 aliphatic carbocycles. The second-order valence-electron chi connectivity index (χ2n) is 4.24. The zero-order chi connectivity index (χ0) is 14.0. The molecule has 0 aliphatic rings. The first-order valence-electron chi connectivity index (χ1n) is 5.69. The summed E-state index contributed by atoms with van der Waals surface area (Å²) in [7, 11) is -3.60. The standard InChI is InChI=1S/C11H15N5O2S/c1-7-4-13-10(5-12-7)6-14-19(17,18)11-8(2)15-16-9(11)3/h4-5,14H,6H2,1-3H3,(H,15,16). The predicted molar refractivity (Wildman–Crippen MR) is 68.9 cm³/mol. The largest absolute Gasteiger partial charge is 0.281 e. The Morgan fingerprint density at radius 1 is 1.21 bits per heavy atom. The molecular weight excluding hydrogens is 266 g/mol. The van der Waals surface area contributed by atoms with E-state index in [0.717, 1.165) is 5.69 Å². The molecule has 0 fully saturated rings. The van der Waals surface area contributed by atoms with Crippen LogP contribution in [0.1, 0.15) is 22.8 Å². The fourth-order valence-electron chi connectivity index (χ4n) is 1.69. The third-order valence-electron chi connectivity index (χ3n) is 2.61. The third kappa shape index (κ3) is 2.96. The summed E-state index contributed by atoms with van der Waals surface area (Å²) in [5, 5.41) is 6.53.